The number of hydrogen-bond acceptors (Lipinski definition) is 10. The van der Waals surface area contributed by atoms with E-state index in [1.54, 1.807) is 49.3 Å². The molecule has 192 valence electrons. The molecule has 0 unspecified atom stereocenters. The van der Waals surface area contributed by atoms with Crippen LogP contribution in [-0.2, 0) is 0 Å². The number of aromatic nitrogens is 8. The molecule has 0 amide bonds. The third-order valence-electron chi connectivity index (χ3n) is 4.71. The van der Waals surface area contributed by atoms with Crippen molar-refractivity contribution in [1.29, 1.82) is 0 Å². The van der Waals surface area contributed by atoms with Gasteiger partial charge in [-0.15, -0.1) is 0 Å². The smallest absolute Gasteiger partial charge is 0.228 e. The molecule has 3 N–H and O–H groups in total. The summed E-state index contributed by atoms with van der Waals surface area (Å²) >= 11 is 3.32. The number of pyridine rings is 4. The molecule has 10 nitrogen and oxygen atoms in total. The summed E-state index contributed by atoms with van der Waals surface area (Å²) in [5.74, 6) is 1.53. The summed E-state index contributed by atoms with van der Waals surface area (Å²) in [7, 11) is 0. The van der Waals surface area contributed by atoms with Gasteiger partial charge in [-0.2, -0.15) is 0 Å². The molecule has 0 fully saturated rings. The van der Waals surface area contributed by atoms with Gasteiger partial charge in [-0.05, 0) is 76.6 Å². The second-order valence-electron chi connectivity index (χ2n) is 7.49. The van der Waals surface area contributed by atoms with Crippen molar-refractivity contribution >= 4 is 33.6 Å². The summed E-state index contributed by atoms with van der Waals surface area (Å²) in [4.78, 5) is 32.8. The van der Waals surface area contributed by atoms with Gasteiger partial charge in [0.25, 0.3) is 0 Å². The minimum absolute atomic E-state index is 0.322. The van der Waals surface area contributed by atoms with E-state index in [9.17, 15) is 0 Å². The Bertz CT molecular complexity index is 1540. The van der Waals surface area contributed by atoms with E-state index in [1.807, 2.05) is 72.8 Å². The highest BCUT2D eigenvalue weighted by atomic mass is 79.9. The van der Waals surface area contributed by atoms with Crippen molar-refractivity contribution in [3.8, 4) is 22.8 Å². The standard InChI is InChI=1S/C14H11N5.C10H7BrN2.C4H5N3/c1-2-8-15-11(5-1)12-6-3-7-13(18-12)19-14-16-9-4-10-17-14;11-10-6-3-5-9(13-10)8-4-1-2-7-12-8;5-4-6-2-1-3-7-4/h1-10H,(H,16,17,18,19);1-7H;1-3H,(H2,5,6,7). The molecule has 6 aromatic heterocycles. The lowest BCUT2D eigenvalue weighted by molar-refractivity contribution is 1.15. The molecule has 6 aromatic rings. The molecule has 39 heavy (non-hydrogen) atoms. The van der Waals surface area contributed by atoms with Crippen LogP contribution >= 0.6 is 15.9 Å². The summed E-state index contributed by atoms with van der Waals surface area (Å²) in [5, 5.41) is 3.05. The van der Waals surface area contributed by atoms with Gasteiger partial charge in [-0.3, -0.25) is 9.97 Å². The quantitative estimate of drug-likeness (QED) is 0.252. The molecule has 6 rings (SSSR count). The lowest BCUT2D eigenvalue weighted by atomic mass is 10.2. The largest absolute Gasteiger partial charge is 0.368 e. The number of halogens is 1. The lowest BCUT2D eigenvalue weighted by Crippen LogP contribution is -1.98. The average Bonchev–Trinajstić information content (AvgIpc) is 3.00. The first-order valence-electron chi connectivity index (χ1n) is 11.7. The molecule has 0 aliphatic carbocycles. The Labute approximate surface area is 233 Å². The predicted octanol–water partition coefficient (Wildman–Crippen LogP) is 5.64. The minimum Gasteiger partial charge on any atom is -0.368 e. The molecule has 6 heterocycles. The summed E-state index contributed by atoms with van der Waals surface area (Å²) in [6, 6.07) is 26.5. The molecule has 0 saturated heterocycles. The van der Waals surface area contributed by atoms with Crippen molar-refractivity contribution in [2.24, 2.45) is 0 Å². The van der Waals surface area contributed by atoms with Crippen molar-refractivity contribution in [2.45, 2.75) is 0 Å². The van der Waals surface area contributed by atoms with E-state index in [2.05, 4.69) is 61.1 Å². The number of rotatable bonds is 4. The van der Waals surface area contributed by atoms with Gasteiger partial charge in [0.15, 0.2) is 0 Å². The molecule has 0 aliphatic rings. The predicted molar refractivity (Wildman–Crippen MR) is 154 cm³/mol. The zero-order chi connectivity index (χ0) is 27.1. The van der Waals surface area contributed by atoms with E-state index in [0.717, 1.165) is 27.4 Å². The number of nitrogens with two attached hydrogens (primary N) is 1. The Morgan fingerprint density at radius 1 is 0.487 bits per heavy atom. The molecule has 0 radical (unpaired) electrons. The number of anilines is 3. The maximum Gasteiger partial charge on any atom is 0.228 e. The third kappa shape index (κ3) is 9.02. The third-order valence-corrected chi connectivity index (χ3v) is 5.15. The SMILES string of the molecule is Brc1cccc(-c2ccccn2)n1.Nc1ncccn1.c1ccc(-c2cccc(Nc3ncccn3)n2)nc1. The van der Waals surface area contributed by atoms with Gasteiger partial charge in [0.05, 0.1) is 22.8 Å². The Hall–Kier alpha value is -5.16. The van der Waals surface area contributed by atoms with Crippen LogP contribution in [0.25, 0.3) is 22.8 Å². The van der Waals surface area contributed by atoms with Gasteiger partial charge >= 0.3 is 0 Å². The fourth-order valence-corrected chi connectivity index (χ4v) is 3.36. The average molecular weight is 579 g/mol. The topological polar surface area (TPSA) is 141 Å². The van der Waals surface area contributed by atoms with Crippen molar-refractivity contribution in [3.63, 3.8) is 0 Å². The Morgan fingerprint density at radius 2 is 1.00 bits per heavy atom. The first kappa shape index (κ1) is 26.9. The van der Waals surface area contributed by atoms with Crippen molar-refractivity contribution < 1.29 is 0 Å². The molecule has 0 aromatic carbocycles. The fourth-order valence-electron chi connectivity index (χ4n) is 3.02. The maximum absolute atomic E-state index is 5.14. The van der Waals surface area contributed by atoms with Crippen LogP contribution < -0.4 is 11.1 Å². The van der Waals surface area contributed by atoms with Gasteiger partial charge in [-0.1, -0.05) is 24.3 Å². The summed E-state index contributed by atoms with van der Waals surface area (Å²) in [6.45, 7) is 0. The molecule has 0 saturated carbocycles. The highest BCUT2D eigenvalue weighted by molar-refractivity contribution is 9.10. The van der Waals surface area contributed by atoms with Crippen LogP contribution in [0.5, 0.6) is 0 Å². The Kier molecular flexibility index (Phi) is 10.0. The van der Waals surface area contributed by atoms with E-state index >= 15 is 0 Å². The van der Waals surface area contributed by atoms with Gasteiger partial charge in [0.1, 0.15) is 10.4 Å². The molecule has 0 bridgehead atoms. The monoisotopic (exact) mass is 578 g/mol. The van der Waals surface area contributed by atoms with Crippen molar-refractivity contribution in [1.82, 2.24) is 39.9 Å². The summed E-state index contributed by atoms with van der Waals surface area (Å²) < 4.78 is 0.829. The normalized spacial score (nSPS) is 9.77. The number of nitrogens with zero attached hydrogens (tertiary/aromatic N) is 8. The molecule has 0 aliphatic heterocycles. The van der Waals surface area contributed by atoms with Crippen LogP contribution in [0.3, 0.4) is 0 Å². The van der Waals surface area contributed by atoms with Crippen LogP contribution in [0.2, 0.25) is 0 Å². The van der Waals surface area contributed by atoms with Crippen LogP contribution in [0.15, 0.2) is 127 Å². The van der Waals surface area contributed by atoms with Crippen LogP contribution in [0, 0.1) is 0 Å². The number of hydrogen-bond donors (Lipinski definition) is 2. The second-order valence-corrected chi connectivity index (χ2v) is 8.30. The molecular weight excluding hydrogens is 556 g/mol. The first-order chi connectivity index (χ1) is 19.2. The van der Waals surface area contributed by atoms with Gasteiger partial charge in [-0.25, -0.2) is 29.9 Å². The Morgan fingerprint density at radius 3 is 1.51 bits per heavy atom. The van der Waals surface area contributed by atoms with Gasteiger partial charge in [0.2, 0.25) is 11.9 Å². The lowest BCUT2D eigenvalue weighted by Gasteiger charge is -2.05. The van der Waals surface area contributed by atoms with Crippen LogP contribution in [0.1, 0.15) is 0 Å². The highest BCUT2D eigenvalue weighted by Gasteiger charge is 2.03. The van der Waals surface area contributed by atoms with Crippen LogP contribution in [-0.4, -0.2) is 39.9 Å². The summed E-state index contributed by atoms with van der Waals surface area (Å²) in [6.07, 6.45) is 10.1. The van der Waals surface area contributed by atoms with Gasteiger partial charge in [0, 0.05) is 37.2 Å². The molecule has 11 heteroatoms. The molecular formula is C28H23BrN10. The summed E-state index contributed by atoms with van der Waals surface area (Å²) in [5.41, 5.74) is 8.55. The van der Waals surface area contributed by atoms with E-state index in [4.69, 9.17) is 5.73 Å². The van der Waals surface area contributed by atoms with Crippen molar-refractivity contribution in [3.05, 3.63) is 127 Å². The molecule has 0 spiro atoms. The van der Waals surface area contributed by atoms with Crippen LogP contribution in [0.4, 0.5) is 17.7 Å². The maximum atomic E-state index is 5.14. The van der Waals surface area contributed by atoms with Gasteiger partial charge < -0.3 is 11.1 Å². The molecule has 0 atom stereocenters. The van der Waals surface area contributed by atoms with Crippen molar-refractivity contribution in [2.75, 3.05) is 11.1 Å². The first-order valence-corrected chi connectivity index (χ1v) is 12.5. The second kappa shape index (κ2) is 14.5. The Balaban J connectivity index is 0.000000152. The van der Waals surface area contributed by atoms with E-state index < -0.39 is 0 Å². The zero-order valence-electron chi connectivity index (χ0n) is 20.6. The van der Waals surface area contributed by atoms with E-state index in [-0.39, 0.29) is 0 Å². The zero-order valence-corrected chi connectivity index (χ0v) is 22.2. The number of nitrogens with one attached hydrogen (secondary N) is 1. The van der Waals surface area contributed by atoms with E-state index in [1.165, 1.54) is 0 Å². The highest BCUT2D eigenvalue weighted by Crippen LogP contribution is 2.18. The van der Waals surface area contributed by atoms with E-state index in [0.29, 0.717) is 17.7 Å². The fraction of sp³-hybridized carbons (Fsp3) is 0. The number of nitrogen functional groups attached to an aromatic ring is 1. The minimum atomic E-state index is 0.322.